The number of hydrogen-bond donors (Lipinski definition) is 0. The molecule has 0 aliphatic rings. The highest BCUT2D eigenvalue weighted by Crippen LogP contribution is 2.28. The highest BCUT2D eigenvalue weighted by molar-refractivity contribution is 7.15. The van der Waals surface area contributed by atoms with E-state index < -0.39 is 0 Å². The second-order valence-corrected chi connectivity index (χ2v) is 4.25. The maximum Gasteiger partial charge on any atom is 0.259 e. The molecule has 2 aromatic rings. The van der Waals surface area contributed by atoms with Crippen LogP contribution >= 0.6 is 22.9 Å². The first kappa shape index (κ1) is 9.61. The molecule has 0 aromatic carbocycles. The molecule has 0 N–H and O–H groups in total. The molecule has 0 aliphatic carbocycles. The fourth-order valence-electron chi connectivity index (χ4n) is 1.13. The Morgan fingerprint density at radius 2 is 2.14 bits per heavy atom. The molecule has 0 bridgehead atoms. The molecule has 2 rings (SSSR count). The molecule has 0 spiro atoms. The summed E-state index contributed by atoms with van der Waals surface area (Å²) in [4.78, 5) is 5.20. The van der Waals surface area contributed by atoms with E-state index in [2.05, 4.69) is 15.2 Å². The zero-order valence-corrected chi connectivity index (χ0v) is 9.32. The van der Waals surface area contributed by atoms with Crippen molar-refractivity contribution in [2.45, 2.75) is 19.7 Å². The van der Waals surface area contributed by atoms with E-state index in [1.54, 1.807) is 11.3 Å². The predicted molar refractivity (Wildman–Crippen MR) is 54.4 cm³/mol. The van der Waals surface area contributed by atoms with Gasteiger partial charge in [0.05, 0.1) is 10.7 Å². The minimum atomic E-state index is 0.240. The predicted octanol–water partition coefficient (Wildman–Crippen LogP) is 2.55. The summed E-state index contributed by atoms with van der Waals surface area (Å²) < 4.78 is 5.33. The van der Waals surface area contributed by atoms with Crippen LogP contribution in [0.25, 0.3) is 10.8 Å². The lowest BCUT2D eigenvalue weighted by molar-refractivity contribution is 0.528. The number of aromatic nitrogens is 3. The third-order valence-electron chi connectivity index (χ3n) is 1.68. The van der Waals surface area contributed by atoms with Crippen LogP contribution in [-0.4, -0.2) is 15.2 Å². The quantitative estimate of drug-likeness (QED) is 0.743. The van der Waals surface area contributed by atoms with Gasteiger partial charge in [-0.05, 0) is 13.8 Å². The van der Waals surface area contributed by atoms with Gasteiger partial charge in [0.15, 0.2) is 0 Å². The van der Waals surface area contributed by atoms with Crippen LogP contribution in [0.5, 0.6) is 0 Å². The first-order valence-corrected chi connectivity index (χ1v) is 5.38. The van der Waals surface area contributed by atoms with Crippen LogP contribution in [0.3, 0.4) is 0 Å². The molecule has 6 heteroatoms. The molecular formula is C8H8ClN3OS. The van der Waals surface area contributed by atoms with Gasteiger partial charge in [-0.1, -0.05) is 0 Å². The van der Waals surface area contributed by atoms with Crippen molar-refractivity contribution in [1.82, 2.24) is 15.2 Å². The molecule has 0 saturated carbocycles. The van der Waals surface area contributed by atoms with Crippen LogP contribution in [0.1, 0.15) is 16.6 Å². The zero-order chi connectivity index (χ0) is 10.1. The summed E-state index contributed by atoms with van der Waals surface area (Å²) in [5, 5.41) is 8.68. The zero-order valence-electron chi connectivity index (χ0n) is 7.74. The van der Waals surface area contributed by atoms with Crippen molar-refractivity contribution in [2.75, 3.05) is 0 Å². The van der Waals surface area contributed by atoms with E-state index in [9.17, 15) is 0 Å². The molecule has 0 aliphatic heterocycles. The summed E-state index contributed by atoms with van der Waals surface area (Å²) in [6.45, 7) is 3.86. The van der Waals surface area contributed by atoms with Crippen molar-refractivity contribution >= 4 is 22.9 Å². The van der Waals surface area contributed by atoms with Gasteiger partial charge in [0.25, 0.3) is 5.89 Å². The van der Waals surface area contributed by atoms with Crippen molar-refractivity contribution in [3.63, 3.8) is 0 Å². The normalized spacial score (nSPS) is 10.8. The van der Waals surface area contributed by atoms with Gasteiger partial charge in [-0.2, -0.15) is 0 Å². The van der Waals surface area contributed by atoms with Crippen LogP contribution in [0.15, 0.2) is 4.42 Å². The summed E-state index contributed by atoms with van der Waals surface area (Å²) in [7, 11) is 0. The number of aryl methyl sites for hydroxylation is 2. The van der Waals surface area contributed by atoms with E-state index >= 15 is 0 Å². The lowest BCUT2D eigenvalue weighted by atomic mass is 10.4. The summed E-state index contributed by atoms with van der Waals surface area (Å²) in [5.41, 5.74) is 0.914. The van der Waals surface area contributed by atoms with E-state index in [0.717, 1.165) is 15.6 Å². The Hall–Kier alpha value is -0.940. The van der Waals surface area contributed by atoms with Crippen LogP contribution in [-0.2, 0) is 5.88 Å². The summed E-state index contributed by atoms with van der Waals surface area (Å²) >= 11 is 7.11. The van der Waals surface area contributed by atoms with Gasteiger partial charge < -0.3 is 4.42 Å². The van der Waals surface area contributed by atoms with Crippen LogP contribution in [0.2, 0.25) is 0 Å². The summed E-state index contributed by atoms with van der Waals surface area (Å²) in [5.74, 6) is 1.18. The molecule has 0 saturated heterocycles. The van der Waals surface area contributed by atoms with Gasteiger partial charge in [0.2, 0.25) is 5.89 Å². The van der Waals surface area contributed by atoms with Crippen LogP contribution < -0.4 is 0 Å². The van der Waals surface area contributed by atoms with E-state index in [1.165, 1.54) is 0 Å². The lowest BCUT2D eigenvalue weighted by Crippen LogP contribution is -1.77. The smallest absolute Gasteiger partial charge is 0.259 e. The topological polar surface area (TPSA) is 51.8 Å². The Morgan fingerprint density at radius 1 is 1.36 bits per heavy atom. The summed E-state index contributed by atoms with van der Waals surface area (Å²) in [6, 6.07) is 0. The van der Waals surface area contributed by atoms with E-state index in [-0.39, 0.29) is 5.88 Å². The molecule has 0 fully saturated rings. The molecule has 0 unspecified atom stereocenters. The highest BCUT2D eigenvalue weighted by atomic mass is 35.5. The number of thiazole rings is 1. The molecule has 4 nitrogen and oxygen atoms in total. The van der Waals surface area contributed by atoms with Crippen LogP contribution in [0.4, 0.5) is 0 Å². The fourth-order valence-corrected chi connectivity index (χ4v) is 2.08. The van der Waals surface area contributed by atoms with Gasteiger partial charge in [-0.25, -0.2) is 4.98 Å². The van der Waals surface area contributed by atoms with Crippen molar-refractivity contribution < 1.29 is 4.42 Å². The number of halogens is 1. The molecule has 2 aromatic heterocycles. The maximum atomic E-state index is 5.56. The molecule has 0 radical (unpaired) electrons. The van der Waals surface area contributed by atoms with Gasteiger partial charge in [-0.3, -0.25) is 0 Å². The minimum Gasteiger partial charge on any atom is -0.419 e. The van der Waals surface area contributed by atoms with E-state index in [4.69, 9.17) is 16.0 Å². The second kappa shape index (κ2) is 3.67. The van der Waals surface area contributed by atoms with E-state index in [1.807, 2.05) is 13.8 Å². The Balaban J connectivity index is 2.43. The van der Waals surface area contributed by atoms with Crippen molar-refractivity contribution in [3.05, 3.63) is 16.6 Å². The third kappa shape index (κ3) is 1.65. The average Bonchev–Trinajstić information content (AvgIpc) is 2.71. The van der Waals surface area contributed by atoms with Crippen molar-refractivity contribution in [2.24, 2.45) is 0 Å². The van der Waals surface area contributed by atoms with Gasteiger partial charge >= 0.3 is 0 Å². The molecule has 2 heterocycles. The van der Waals surface area contributed by atoms with Gasteiger partial charge in [0.1, 0.15) is 10.8 Å². The first-order chi connectivity index (χ1) is 6.70. The summed E-state index contributed by atoms with van der Waals surface area (Å²) in [6.07, 6.45) is 0. The van der Waals surface area contributed by atoms with E-state index in [0.29, 0.717) is 11.8 Å². The Morgan fingerprint density at radius 3 is 2.64 bits per heavy atom. The van der Waals surface area contributed by atoms with Gasteiger partial charge in [-0.15, -0.1) is 33.1 Å². The lowest BCUT2D eigenvalue weighted by Gasteiger charge is -1.87. The Kier molecular flexibility index (Phi) is 2.52. The molecule has 0 atom stereocenters. The Bertz CT molecular complexity index is 451. The second-order valence-electron chi connectivity index (χ2n) is 2.78. The maximum absolute atomic E-state index is 5.56. The van der Waals surface area contributed by atoms with Crippen molar-refractivity contribution in [1.29, 1.82) is 0 Å². The largest absolute Gasteiger partial charge is 0.419 e. The SMILES string of the molecule is Cc1nc(C)c(-c2nnc(CCl)o2)s1. The van der Waals surface area contributed by atoms with Crippen LogP contribution in [0, 0.1) is 13.8 Å². The number of rotatable bonds is 2. The van der Waals surface area contributed by atoms with Gasteiger partial charge in [0, 0.05) is 0 Å². The average molecular weight is 230 g/mol. The standard InChI is InChI=1S/C8H8ClN3OS/c1-4-7(14-5(2)10-4)8-12-11-6(3-9)13-8/h3H2,1-2H3. The first-order valence-electron chi connectivity index (χ1n) is 4.03. The molecular weight excluding hydrogens is 222 g/mol. The molecule has 14 heavy (non-hydrogen) atoms. The monoisotopic (exact) mass is 229 g/mol. The number of hydrogen-bond acceptors (Lipinski definition) is 5. The minimum absolute atomic E-state index is 0.240. The fraction of sp³-hybridized carbons (Fsp3) is 0.375. The highest BCUT2D eigenvalue weighted by Gasteiger charge is 2.13. The number of nitrogens with zero attached hydrogens (tertiary/aromatic N) is 3. The Labute approximate surface area is 89.9 Å². The molecule has 0 amide bonds. The number of alkyl halides is 1. The third-order valence-corrected chi connectivity index (χ3v) is 2.97. The van der Waals surface area contributed by atoms with Crippen molar-refractivity contribution in [3.8, 4) is 10.8 Å². The molecule has 74 valence electrons.